The van der Waals surface area contributed by atoms with Crippen molar-refractivity contribution >= 4 is 11.8 Å². The summed E-state index contributed by atoms with van der Waals surface area (Å²) in [6.07, 6.45) is 2.72. The fourth-order valence-electron chi connectivity index (χ4n) is 3.29. The third-order valence-electron chi connectivity index (χ3n) is 4.70. The first-order chi connectivity index (χ1) is 13.4. The van der Waals surface area contributed by atoms with Crippen molar-refractivity contribution in [3.63, 3.8) is 0 Å². The Bertz CT molecular complexity index is 851. The molecule has 7 nitrogen and oxygen atoms in total. The number of hydrogen-bond donors (Lipinski definition) is 1. The zero-order valence-corrected chi connectivity index (χ0v) is 16.6. The number of carbonyl (C=O) groups excluding carboxylic acids is 2. The summed E-state index contributed by atoms with van der Waals surface area (Å²) in [7, 11) is 0. The van der Waals surface area contributed by atoms with E-state index >= 15 is 0 Å². The van der Waals surface area contributed by atoms with Gasteiger partial charge in [-0.25, -0.2) is 4.98 Å². The summed E-state index contributed by atoms with van der Waals surface area (Å²) in [5.74, 6) is 1.41. The van der Waals surface area contributed by atoms with E-state index in [0.717, 1.165) is 30.5 Å². The van der Waals surface area contributed by atoms with Crippen LogP contribution in [0.3, 0.4) is 0 Å². The standard InChI is InChI=1S/C21H26N4O3/c1-14-7-9-17(10-8-14)28-19-12-15(2)23-21(24-19)18-6-4-5-11-25(18)20(27)13-22-16(3)26/h7-10,12,18H,4-6,11,13H2,1-3H3,(H,22,26)/t18-/m0/s1. The number of nitrogens with one attached hydrogen (secondary N) is 1. The van der Waals surface area contributed by atoms with Gasteiger partial charge in [-0.15, -0.1) is 0 Å². The monoisotopic (exact) mass is 382 g/mol. The van der Waals surface area contributed by atoms with Gasteiger partial charge in [0.2, 0.25) is 17.7 Å². The molecule has 1 aromatic carbocycles. The number of aryl methyl sites for hydroxylation is 2. The molecule has 1 fully saturated rings. The van der Waals surface area contributed by atoms with Crippen molar-refractivity contribution in [2.24, 2.45) is 0 Å². The number of aromatic nitrogens is 2. The van der Waals surface area contributed by atoms with E-state index in [1.165, 1.54) is 6.92 Å². The predicted octanol–water partition coefficient (Wildman–Crippen LogP) is 3.08. The molecule has 1 saturated heterocycles. The van der Waals surface area contributed by atoms with Gasteiger partial charge in [-0.2, -0.15) is 4.98 Å². The van der Waals surface area contributed by atoms with Crippen molar-refractivity contribution in [2.75, 3.05) is 13.1 Å². The van der Waals surface area contributed by atoms with E-state index in [1.807, 2.05) is 38.1 Å². The minimum atomic E-state index is -0.220. The Morgan fingerprint density at radius 3 is 2.64 bits per heavy atom. The lowest BCUT2D eigenvalue weighted by atomic mass is 10.0. The molecular formula is C21H26N4O3. The molecule has 0 aliphatic carbocycles. The van der Waals surface area contributed by atoms with Gasteiger partial charge in [0, 0.05) is 25.2 Å². The number of carbonyl (C=O) groups is 2. The lowest BCUT2D eigenvalue weighted by Crippen LogP contribution is -2.44. The van der Waals surface area contributed by atoms with E-state index in [2.05, 4.69) is 15.3 Å². The second-order valence-corrected chi connectivity index (χ2v) is 7.13. The number of piperidine rings is 1. The average molecular weight is 382 g/mol. The third kappa shape index (κ3) is 5.06. The molecule has 1 aliphatic heterocycles. The largest absolute Gasteiger partial charge is 0.439 e. The highest BCUT2D eigenvalue weighted by Crippen LogP contribution is 2.31. The van der Waals surface area contributed by atoms with E-state index < -0.39 is 0 Å². The quantitative estimate of drug-likeness (QED) is 0.859. The van der Waals surface area contributed by atoms with Crippen LogP contribution in [-0.4, -0.2) is 39.8 Å². The van der Waals surface area contributed by atoms with Crippen molar-refractivity contribution < 1.29 is 14.3 Å². The Morgan fingerprint density at radius 2 is 1.93 bits per heavy atom. The molecule has 148 valence electrons. The molecule has 2 aromatic rings. The topological polar surface area (TPSA) is 84.4 Å². The van der Waals surface area contributed by atoms with Gasteiger partial charge in [-0.1, -0.05) is 17.7 Å². The molecule has 0 bridgehead atoms. The van der Waals surface area contributed by atoms with Crippen molar-refractivity contribution in [3.8, 4) is 11.6 Å². The Hall–Kier alpha value is -2.96. The molecule has 1 atom stereocenters. The Labute approximate surface area is 165 Å². The number of hydrogen-bond acceptors (Lipinski definition) is 5. The molecule has 28 heavy (non-hydrogen) atoms. The second kappa shape index (κ2) is 8.82. The Balaban J connectivity index is 1.81. The summed E-state index contributed by atoms with van der Waals surface area (Å²) in [4.78, 5) is 34.7. The highest BCUT2D eigenvalue weighted by atomic mass is 16.5. The molecule has 0 radical (unpaired) electrons. The number of rotatable bonds is 5. The van der Waals surface area contributed by atoms with Gasteiger partial charge in [-0.05, 0) is 45.2 Å². The normalized spacial score (nSPS) is 16.5. The Kier molecular flexibility index (Phi) is 6.23. The predicted molar refractivity (Wildman–Crippen MR) is 105 cm³/mol. The molecule has 1 aliphatic rings. The lowest BCUT2D eigenvalue weighted by Gasteiger charge is -2.35. The molecule has 0 saturated carbocycles. The van der Waals surface area contributed by atoms with E-state index in [0.29, 0.717) is 24.0 Å². The van der Waals surface area contributed by atoms with Gasteiger partial charge >= 0.3 is 0 Å². The fourth-order valence-corrected chi connectivity index (χ4v) is 3.29. The van der Waals surface area contributed by atoms with Crippen LogP contribution in [0.2, 0.25) is 0 Å². The van der Waals surface area contributed by atoms with Crippen LogP contribution in [0.5, 0.6) is 11.6 Å². The van der Waals surface area contributed by atoms with Crippen LogP contribution in [0.4, 0.5) is 0 Å². The van der Waals surface area contributed by atoms with E-state index in [9.17, 15) is 9.59 Å². The van der Waals surface area contributed by atoms with E-state index in [4.69, 9.17) is 4.74 Å². The van der Waals surface area contributed by atoms with Crippen LogP contribution in [0.1, 0.15) is 49.3 Å². The zero-order chi connectivity index (χ0) is 20.1. The Morgan fingerprint density at radius 1 is 1.18 bits per heavy atom. The third-order valence-corrected chi connectivity index (χ3v) is 4.70. The van der Waals surface area contributed by atoms with Crippen molar-refractivity contribution in [2.45, 2.75) is 46.1 Å². The number of benzene rings is 1. The van der Waals surface area contributed by atoms with Crippen LogP contribution >= 0.6 is 0 Å². The van der Waals surface area contributed by atoms with Crippen LogP contribution < -0.4 is 10.1 Å². The summed E-state index contributed by atoms with van der Waals surface area (Å²) in [5.41, 5.74) is 1.94. The second-order valence-electron chi connectivity index (χ2n) is 7.13. The summed E-state index contributed by atoms with van der Waals surface area (Å²) >= 11 is 0. The molecule has 0 unspecified atom stereocenters. The molecule has 2 amide bonds. The summed E-state index contributed by atoms with van der Waals surface area (Å²) in [5, 5.41) is 2.58. The highest BCUT2D eigenvalue weighted by Gasteiger charge is 2.30. The minimum Gasteiger partial charge on any atom is -0.439 e. The highest BCUT2D eigenvalue weighted by molar-refractivity contribution is 5.84. The van der Waals surface area contributed by atoms with Crippen LogP contribution in [0, 0.1) is 13.8 Å². The average Bonchev–Trinajstić information content (AvgIpc) is 2.67. The molecule has 7 heteroatoms. The van der Waals surface area contributed by atoms with Gasteiger partial charge in [-0.3, -0.25) is 9.59 Å². The van der Waals surface area contributed by atoms with Crippen molar-refractivity contribution in [3.05, 3.63) is 47.4 Å². The zero-order valence-electron chi connectivity index (χ0n) is 16.6. The van der Waals surface area contributed by atoms with Gasteiger partial charge in [0.1, 0.15) is 5.75 Å². The van der Waals surface area contributed by atoms with Crippen LogP contribution in [0.15, 0.2) is 30.3 Å². The maximum atomic E-state index is 12.6. The first kappa shape index (κ1) is 19.8. The number of likely N-dealkylation sites (tertiary alicyclic amines) is 1. The minimum absolute atomic E-state index is 0.00955. The number of ether oxygens (including phenoxy) is 1. The first-order valence-corrected chi connectivity index (χ1v) is 9.56. The number of amides is 2. The molecule has 2 heterocycles. The molecule has 0 spiro atoms. The van der Waals surface area contributed by atoms with E-state index in [1.54, 1.807) is 11.0 Å². The first-order valence-electron chi connectivity index (χ1n) is 9.56. The molecule has 1 N–H and O–H groups in total. The molecule has 3 rings (SSSR count). The SMILES string of the molecule is CC(=O)NCC(=O)N1CCCC[C@H]1c1nc(C)cc(Oc2ccc(C)cc2)n1. The van der Waals surface area contributed by atoms with Crippen molar-refractivity contribution in [1.82, 2.24) is 20.2 Å². The maximum absolute atomic E-state index is 12.6. The maximum Gasteiger partial charge on any atom is 0.242 e. The molecular weight excluding hydrogens is 356 g/mol. The van der Waals surface area contributed by atoms with E-state index in [-0.39, 0.29) is 24.4 Å². The summed E-state index contributed by atoms with van der Waals surface area (Å²) in [6.45, 7) is 5.93. The summed E-state index contributed by atoms with van der Waals surface area (Å²) in [6, 6.07) is 9.33. The van der Waals surface area contributed by atoms with Gasteiger partial charge in [0.15, 0.2) is 5.82 Å². The number of nitrogens with zero attached hydrogens (tertiary/aromatic N) is 3. The molecule has 1 aromatic heterocycles. The van der Waals surface area contributed by atoms with Crippen LogP contribution in [0.25, 0.3) is 0 Å². The van der Waals surface area contributed by atoms with Gasteiger partial charge in [0.05, 0.1) is 12.6 Å². The van der Waals surface area contributed by atoms with Crippen LogP contribution in [-0.2, 0) is 9.59 Å². The van der Waals surface area contributed by atoms with Gasteiger partial charge in [0.25, 0.3) is 0 Å². The summed E-state index contributed by atoms with van der Waals surface area (Å²) < 4.78 is 5.91. The van der Waals surface area contributed by atoms with Crippen molar-refractivity contribution in [1.29, 1.82) is 0 Å². The lowest BCUT2D eigenvalue weighted by molar-refractivity contribution is -0.136. The van der Waals surface area contributed by atoms with Gasteiger partial charge < -0.3 is 15.0 Å². The fraction of sp³-hybridized carbons (Fsp3) is 0.429. The smallest absolute Gasteiger partial charge is 0.242 e.